The molecule has 0 aromatic carbocycles. The summed E-state index contributed by atoms with van der Waals surface area (Å²) >= 11 is 4.61. The highest BCUT2D eigenvalue weighted by molar-refractivity contribution is 7.80. The number of rotatable bonds is 3. The molecule has 7 heteroatoms. The van der Waals surface area contributed by atoms with Gasteiger partial charge in [0.25, 0.3) is 0 Å². The number of ketones is 1. The highest BCUT2D eigenvalue weighted by Gasteiger charge is 1.95. The molecule has 0 spiro atoms. The molecule has 114 valence electrons. The van der Waals surface area contributed by atoms with Crippen LogP contribution in [-0.4, -0.2) is 26.6 Å². The van der Waals surface area contributed by atoms with Gasteiger partial charge in [-0.25, -0.2) is 0 Å². The molecule has 0 aliphatic heterocycles. The first-order valence-corrected chi connectivity index (χ1v) is 6.82. The zero-order chi connectivity index (χ0) is 16.4. The number of hydrogen-bond donors (Lipinski definition) is 2. The van der Waals surface area contributed by atoms with Gasteiger partial charge in [-0.05, 0) is 50.3 Å². The smallest absolute Gasteiger partial charge is 0.184 e. The normalized spacial score (nSPS) is 10.2. The fourth-order valence-corrected chi connectivity index (χ4v) is 1.43. The summed E-state index contributed by atoms with van der Waals surface area (Å²) in [7, 11) is 0. The van der Waals surface area contributed by atoms with Gasteiger partial charge in [0.2, 0.25) is 0 Å². The predicted octanol–water partition coefficient (Wildman–Crippen LogP) is 1.92. The number of pyridine rings is 2. The SMILES string of the molecule is CC(=NNC(N)=S)c1ccncc1.CC(=O)c1ccncc1. The lowest BCUT2D eigenvalue weighted by Gasteiger charge is -2.00. The monoisotopic (exact) mass is 315 g/mol. The van der Waals surface area contributed by atoms with Gasteiger partial charge in [-0.15, -0.1) is 0 Å². The molecule has 0 saturated carbocycles. The van der Waals surface area contributed by atoms with Crippen LogP contribution >= 0.6 is 12.2 Å². The van der Waals surface area contributed by atoms with Crippen LogP contribution in [0.4, 0.5) is 0 Å². The minimum absolute atomic E-state index is 0.0809. The van der Waals surface area contributed by atoms with E-state index in [4.69, 9.17) is 5.73 Å². The molecule has 3 N–H and O–H groups in total. The third-order valence-electron chi connectivity index (χ3n) is 2.52. The largest absolute Gasteiger partial charge is 0.375 e. The van der Waals surface area contributed by atoms with E-state index < -0.39 is 0 Å². The summed E-state index contributed by atoms with van der Waals surface area (Å²) in [6, 6.07) is 7.12. The summed E-state index contributed by atoms with van der Waals surface area (Å²) in [6.45, 7) is 3.40. The minimum Gasteiger partial charge on any atom is -0.375 e. The van der Waals surface area contributed by atoms with E-state index in [1.807, 2.05) is 19.1 Å². The summed E-state index contributed by atoms with van der Waals surface area (Å²) in [5.41, 5.74) is 10.3. The Morgan fingerprint density at radius 2 is 1.50 bits per heavy atom. The summed E-state index contributed by atoms with van der Waals surface area (Å²) in [4.78, 5) is 18.3. The first-order chi connectivity index (χ1) is 10.5. The van der Waals surface area contributed by atoms with Crippen LogP contribution in [0.3, 0.4) is 0 Å². The van der Waals surface area contributed by atoms with Crippen LogP contribution in [-0.2, 0) is 0 Å². The van der Waals surface area contributed by atoms with E-state index in [9.17, 15) is 4.79 Å². The molecular weight excluding hydrogens is 298 g/mol. The number of Topliss-reactive ketones (excluding diaryl/α,β-unsaturated/α-hetero) is 1. The Kier molecular flexibility index (Phi) is 7.35. The summed E-state index contributed by atoms with van der Waals surface area (Å²) in [5.74, 6) is 0.0809. The molecular formula is C15H17N5OS. The molecule has 2 rings (SSSR count). The van der Waals surface area contributed by atoms with Gasteiger partial charge in [0.15, 0.2) is 10.9 Å². The molecule has 0 fully saturated rings. The van der Waals surface area contributed by atoms with Crippen LogP contribution in [0.15, 0.2) is 54.2 Å². The molecule has 0 amide bonds. The predicted molar refractivity (Wildman–Crippen MR) is 90.6 cm³/mol. The molecule has 0 bridgehead atoms. The van der Waals surface area contributed by atoms with E-state index in [1.165, 1.54) is 6.92 Å². The number of carbonyl (C=O) groups excluding carboxylic acids is 1. The van der Waals surface area contributed by atoms with Crippen molar-refractivity contribution in [2.45, 2.75) is 13.8 Å². The van der Waals surface area contributed by atoms with Crippen molar-refractivity contribution in [2.24, 2.45) is 10.8 Å². The average molecular weight is 315 g/mol. The maximum Gasteiger partial charge on any atom is 0.184 e. The lowest BCUT2D eigenvalue weighted by Crippen LogP contribution is -2.25. The second kappa shape index (κ2) is 9.30. The molecule has 2 heterocycles. The van der Waals surface area contributed by atoms with Crippen molar-refractivity contribution in [2.75, 3.05) is 0 Å². The quantitative estimate of drug-likeness (QED) is 0.389. The highest BCUT2D eigenvalue weighted by atomic mass is 32.1. The maximum atomic E-state index is 10.6. The number of nitrogens with one attached hydrogen (secondary N) is 1. The molecule has 2 aromatic rings. The minimum atomic E-state index is 0.0809. The highest BCUT2D eigenvalue weighted by Crippen LogP contribution is 1.97. The van der Waals surface area contributed by atoms with Crippen molar-refractivity contribution >= 4 is 28.8 Å². The topological polar surface area (TPSA) is 93.3 Å². The first-order valence-electron chi connectivity index (χ1n) is 6.41. The van der Waals surface area contributed by atoms with E-state index in [2.05, 4.69) is 32.7 Å². The van der Waals surface area contributed by atoms with Crippen molar-refractivity contribution < 1.29 is 4.79 Å². The number of aromatic nitrogens is 2. The number of thiocarbonyl (C=S) groups is 1. The van der Waals surface area contributed by atoms with Gasteiger partial charge in [0, 0.05) is 35.9 Å². The summed E-state index contributed by atoms with van der Waals surface area (Å²) in [6.07, 6.45) is 6.62. The van der Waals surface area contributed by atoms with Gasteiger partial charge in [0.05, 0.1) is 5.71 Å². The van der Waals surface area contributed by atoms with Gasteiger partial charge >= 0.3 is 0 Å². The van der Waals surface area contributed by atoms with Crippen LogP contribution in [0.1, 0.15) is 29.8 Å². The number of nitrogens with zero attached hydrogens (tertiary/aromatic N) is 3. The Balaban J connectivity index is 0.000000235. The Bertz CT molecular complexity index is 643. The van der Waals surface area contributed by atoms with E-state index in [1.54, 1.807) is 36.9 Å². The van der Waals surface area contributed by atoms with Gasteiger partial charge in [0.1, 0.15) is 0 Å². The fourth-order valence-electron chi connectivity index (χ4n) is 1.38. The maximum absolute atomic E-state index is 10.6. The van der Waals surface area contributed by atoms with Gasteiger partial charge in [-0.2, -0.15) is 5.10 Å². The number of carbonyl (C=O) groups is 1. The van der Waals surface area contributed by atoms with Crippen LogP contribution in [0.2, 0.25) is 0 Å². The van der Waals surface area contributed by atoms with Gasteiger partial charge < -0.3 is 5.73 Å². The van der Waals surface area contributed by atoms with Crippen LogP contribution in [0.25, 0.3) is 0 Å². The van der Waals surface area contributed by atoms with Crippen molar-refractivity contribution in [3.63, 3.8) is 0 Å². The fraction of sp³-hybridized carbons (Fsp3) is 0.133. The van der Waals surface area contributed by atoms with Crippen LogP contribution in [0.5, 0.6) is 0 Å². The van der Waals surface area contributed by atoms with Gasteiger partial charge in [-0.1, -0.05) is 0 Å². The molecule has 0 aliphatic rings. The molecule has 22 heavy (non-hydrogen) atoms. The Labute approximate surface area is 134 Å². The Morgan fingerprint density at radius 1 is 1.05 bits per heavy atom. The first kappa shape index (κ1) is 17.4. The molecule has 2 aromatic heterocycles. The molecule has 0 aliphatic carbocycles. The summed E-state index contributed by atoms with van der Waals surface area (Å²) < 4.78 is 0. The number of nitrogens with two attached hydrogens (primary N) is 1. The zero-order valence-corrected chi connectivity index (χ0v) is 13.2. The van der Waals surface area contributed by atoms with Crippen LogP contribution < -0.4 is 11.2 Å². The second-order valence-electron chi connectivity index (χ2n) is 4.20. The molecule has 0 saturated heterocycles. The van der Waals surface area contributed by atoms with E-state index >= 15 is 0 Å². The molecule has 6 nitrogen and oxygen atoms in total. The Hall–Kier alpha value is -2.67. The lowest BCUT2D eigenvalue weighted by molar-refractivity contribution is 0.101. The standard InChI is InChI=1S/C8H10N4S.C7H7NO/c1-6(11-12-8(9)13)7-2-4-10-5-3-7;1-6(9)7-2-4-8-5-3-7/h2-5H,1H3,(H3,9,12,13);2-5H,1H3. The summed E-state index contributed by atoms with van der Waals surface area (Å²) in [5, 5.41) is 4.13. The van der Waals surface area contributed by atoms with Crippen LogP contribution in [0, 0.1) is 0 Å². The second-order valence-corrected chi connectivity index (χ2v) is 4.64. The van der Waals surface area contributed by atoms with Crippen molar-refractivity contribution in [3.8, 4) is 0 Å². The van der Waals surface area contributed by atoms with Crippen molar-refractivity contribution in [1.82, 2.24) is 15.4 Å². The van der Waals surface area contributed by atoms with E-state index in [-0.39, 0.29) is 10.9 Å². The van der Waals surface area contributed by atoms with Gasteiger partial charge in [-0.3, -0.25) is 20.2 Å². The van der Waals surface area contributed by atoms with E-state index in [0.29, 0.717) is 5.56 Å². The zero-order valence-electron chi connectivity index (χ0n) is 12.4. The third kappa shape index (κ3) is 6.67. The lowest BCUT2D eigenvalue weighted by atomic mass is 10.2. The molecule has 0 atom stereocenters. The van der Waals surface area contributed by atoms with Crippen molar-refractivity contribution in [3.05, 3.63) is 60.2 Å². The average Bonchev–Trinajstić information content (AvgIpc) is 2.55. The number of hydrogen-bond acceptors (Lipinski definition) is 5. The Morgan fingerprint density at radius 3 is 1.86 bits per heavy atom. The third-order valence-corrected chi connectivity index (χ3v) is 2.61. The van der Waals surface area contributed by atoms with Crippen molar-refractivity contribution in [1.29, 1.82) is 0 Å². The molecule has 0 radical (unpaired) electrons. The molecule has 0 unspecified atom stereocenters. The van der Waals surface area contributed by atoms with E-state index in [0.717, 1.165) is 11.3 Å². The number of hydrazone groups is 1.